The van der Waals surface area contributed by atoms with E-state index < -0.39 is 10.2 Å². The molecular weight excluding hydrogens is 340 g/mol. The highest BCUT2D eigenvalue weighted by atomic mass is 79.9. The molecule has 18 heavy (non-hydrogen) atoms. The molecule has 0 aliphatic carbocycles. The van der Waals surface area contributed by atoms with Crippen molar-refractivity contribution in [3.63, 3.8) is 0 Å². The zero-order chi connectivity index (χ0) is 13.5. The second kappa shape index (κ2) is 4.60. The first-order chi connectivity index (χ1) is 8.30. The van der Waals surface area contributed by atoms with E-state index in [1.165, 1.54) is 18.3 Å². The number of carbonyl (C=O) groups excluding carboxylic acids is 1. The van der Waals surface area contributed by atoms with Gasteiger partial charge in [0.25, 0.3) is 0 Å². The molecule has 5 nitrogen and oxygen atoms in total. The molecule has 2 heterocycles. The number of thiophene rings is 1. The molecule has 0 unspecified atom stereocenters. The smallest absolute Gasteiger partial charge is 0.293 e. The molecule has 1 aliphatic rings. The molecule has 0 saturated carbocycles. The van der Waals surface area contributed by atoms with Gasteiger partial charge in [0, 0.05) is 12.5 Å². The van der Waals surface area contributed by atoms with Gasteiger partial charge in [-0.25, -0.2) is 0 Å². The summed E-state index contributed by atoms with van der Waals surface area (Å²) in [6, 6.07) is 3.59. The van der Waals surface area contributed by atoms with Crippen LogP contribution in [0.2, 0.25) is 0 Å². The van der Waals surface area contributed by atoms with Crippen molar-refractivity contribution in [3.05, 3.63) is 26.4 Å². The Balaban J connectivity index is 2.62. The van der Waals surface area contributed by atoms with Crippen molar-refractivity contribution in [1.29, 1.82) is 0 Å². The van der Waals surface area contributed by atoms with Crippen LogP contribution in [0.3, 0.4) is 0 Å². The van der Waals surface area contributed by atoms with E-state index in [4.69, 9.17) is 0 Å². The highest BCUT2D eigenvalue weighted by Gasteiger charge is 2.26. The van der Waals surface area contributed by atoms with Crippen LogP contribution in [0.15, 0.2) is 25.9 Å². The Hall–Kier alpha value is -0.990. The van der Waals surface area contributed by atoms with Gasteiger partial charge in [0.05, 0.1) is 14.4 Å². The average Bonchev–Trinajstić information content (AvgIpc) is 2.67. The van der Waals surface area contributed by atoms with Crippen molar-refractivity contribution >= 4 is 54.7 Å². The first kappa shape index (κ1) is 13.4. The molecule has 2 rings (SSSR count). The number of Topliss-reactive ketones (excluding diaryl/α,β-unsaturated/α-hetero) is 1. The zero-order valence-corrected chi connectivity index (χ0v) is 12.7. The molecule has 0 fully saturated rings. The molecule has 1 N–H and O–H groups in total. The number of ketones is 1. The number of nitrogens with one attached hydrogen (secondary N) is 1. The molecule has 0 spiro atoms. The SMILES string of the molecule is CC(=O)C1=NS(=O)(=O)NC(c2ccc(Br)s2)=C1C. The number of hydrogen-bond acceptors (Lipinski definition) is 4. The zero-order valence-electron chi connectivity index (χ0n) is 9.52. The molecule has 0 saturated heterocycles. The van der Waals surface area contributed by atoms with Gasteiger partial charge in [0.15, 0.2) is 5.78 Å². The fourth-order valence-corrected chi connectivity index (χ4v) is 4.13. The van der Waals surface area contributed by atoms with E-state index in [-0.39, 0.29) is 11.5 Å². The van der Waals surface area contributed by atoms with E-state index in [1.54, 1.807) is 13.0 Å². The van der Waals surface area contributed by atoms with Crippen LogP contribution in [-0.2, 0) is 15.0 Å². The van der Waals surface area contributed by atoms with Gasteiger partial charge in [0.1, 0.15) is 5.71 Å². The fourth-order valence-electron chi connectivity index (χ4n) is 1.55. The summed E-state index contributed by atoms with van der Waals surface area (Å²) in [6.07, 6.45) is 0. The van der Waals surface area contributed by atoms with Crippen molar-refractivity contribution in [2.24, 2.45) is 4.40 Å². The van der Waals surface area contributed by atoms with Crippen LogP contribution >= 0.6 is 27.3 Å². The van der Waals surface area contributed by atoms with Gasteiger partial charge in [-0.1, -0.05) is 0 Å². The molecule has 0 atom stereocenters. The monoisotopic (exact) mass is 348 g/mol. The van der Waals surface area contributed by atoms with E-state index in [0.29, 0.717) is 11.3 Å². The summed E-state index contributed by atoms with van der Waals surface area (Å²) in [6.45, 7) is 2.97. The maximum atomic E-state index is 11.6. The maximum absolute atomic E-state index is 11.6. The Kier molecular flexibility index (Phi) is 3.43. The number of nitrogens with zero attached hydrogens (tertiary/aromatic N) is 1. The Morgan fingerprint density at radius 1 is 1.44 bits per heavy atom. The second-order valence-corrected chi connectivity index (χ2v) is 7.48. The highest BCUT2D eigenvalue weighted by Crippen LogP contribution is 2.31. The second-order valence-electron chi connectivity index (χ2n) is 3.68. The van der Waals surface area contributed by atoms with Crippen LogP contribution in [0.1, 0.15) is 18.7 Å². The Morgan fingerprint density at radius 3 is 2.61 bits per heavy atom. The standard InChI is InChI=1S/C10H9BrN2O3S2/c1-5-9(6(2)14)12-18(15,16)13-10(5)7-3-4-8(11)17-7/h3-4,13H,1-2H3. The summed E-state index contributed by atoms with van der Waals surface area (Å²) in [4.78, 5) is 12.1. The average molecular weight is 349 g/mol. The van der Waals surface area contributed by atoms with Gasteiger partial charge in [-0.3, -0.25) is 9.52 Å². The summed E-state index contributed by atoms with van der Waals surface area (Å²) in [5.74, 6) is -0.370. The first-order valence-electron chi connectivity index (χ1n) is 4.91. The summed E-state index contributed by atoms with van der Waals surface area (Å²) in [5, 5.41) is 0. The predicted octanol–water partition coefficient (Wildman–Crippen LogP) is 2.12. The minimum atomic E-state index is -3.85. The molecule has 96 valence electrons. The molecule has 1 aromatic heterocycles. The highest BCUT2D eigenvalue weighted by molar-refractivity contribution is 9.11. The van der Waals surface area contributed by atoms with Crippen LogP contribution < -0.4 is 4.72 Å². The Bertz CT molecular complexity index is 686. The molecule has 1 aliphatic heterocycles. The summed E-state index contributed by atoms with van der Waals surface area (Å²) < 4.78 is 29.9. The number of hydrogen-bond donors (Lipinski definition) is 1. The van der Waals surface area contributed by atoms with E-state index in [9.17, 15) is 13.2 Å². The minimum absolute atomic E-state index is 0.0201. The van der Waals surface area contributed by atoms with E-state index >= 15 is 0 Å². The number of allylic oxidation sites excluding steroid dienone is 1. The van der Waals surface area contributed by atoms with Gasteiger partial charge in [0.2, 0.25) is 0 Å². The van der Waals surface area contributed by atoms with E-state index in [2.05, 4.69) is 25.0 Å². The Labute approximate surface area is 117 Å². The van der Waals surface area contributed by atoms with Gasteiger partial charge in [-0.15, -0.1) is 15.7 Å². The van der Waals surface area contributed by atoms with E-state index in [0.717, 1.165) is 8.66 Å². The number of carbonyl (C=O) groups is 1. The van der Waals surface area contributed by atoms with Crippen molar-refractivity contribution < 1.29 is 13.2 Å². The van der Waals surface area contributed by atoms with Crippen molar-refractivity contribution in [2.45, 2.75) is 13.8 Å². The molecule has 8 heteroatoms. The van der Waals surface area contributed by atoms with Crippen LogP contribution in [0.5, 0.6) is 0 Å². The van der Waals surface area contributed by atoms with Crippen molar-refractivity contribution in [2.75, 3.05) is 0 Å². The van der Waals surface area contributed by atoms with Gasteiger partial charge in [-0.05, 0) is 35.0 Å². The van der Waals surface area contributed by atoms with E-state index in [1.807, 2.05) is 6.07 Å². The van der Waals surface area contributed by atoms with Crippen molar-refractivity contribution in [3.8, 4) is 0 Å². The lowest BCUT2D eigenvalue weighted by molar-refractivity contribution is -0.111. The lowest BCUT2D eigenvalue weighted by Gasteiger charge is -2.17. The molecular formula is C10H9BrN2O3S2. The molecule has 0 radical (unpaired) electrons. The number of rotatable bonds is 2. The molecule has 0 bridgehead atoms. The Morgan fingerprint density at radius 2 is 2.11 bits per heavy atom. The number of halogens is 1. The lowest BCUT2D eigenvalue weighted by atomic mass is 10.1. The maximum Gasteiger partial charge on any atom is 0.342 e. The molecule has 0 amide bonds. The molecule has 1 aromatic rings. The van der Waals surface area contributed by atoms with Gasteiger partial charge in [-0.2, -0.15) is 8.42 Å². The van der Waals surface area contributed by atoms with Gasteiger partial charge >= 0.3 is 10.2 Å². The topological polar surface area (TPSA) is 75.6 Å². The quantitative estimate of drug-likeness (QED) is 0.889. The third-order valence-electron chi connectivity index (χ3n) is 2.33. The summed E-state index contributed by atoms with van der Waals surface area (Å²) in [5.41, 5.74) is 0.922. The van der Waals surface area contributed by atoms with Crippen LogP contribution in [0, 0.1) is 0 Å². The molecule has 0 aromatic carbocycles. The van der Waals surface area contributed by atoms with Crippen molar-refractivity contribution in [1.82, 2.24) is 4.72 Å². The first-order valence-corrected chi connectivity index (χ1v) is 7.96. The third-order valence-corrected chi connectivity index (χ3v) is 4.85. The van der Waals surface area contributed by atoms with Gasteiger partial charge < -0.3 is 0 Å². The van der Waals surface area contributed by atoms with Crippen LogP contribution in [0.25, 0.3) is 5.70 Å². The largest absolute Gasteiger partial charge is 0.342 e. The fraction of sp³-hybridized carbons (Fsp3) is 0.200. The van der Waals surface area contributed by atoms with Crippen LogP contribution in [0.4, 0.5) is 0 Å². The lowest BCUT2D eigenvalue weighted by Crippen LogP contribution is -2.30. The normalized spacial score (nSPS) is 18.3. The minimum Gasteiger partial charge on any atom is -0.293 e. The summed E-state index contributed by atoms with van der Waals surface area (Å²) >= 11 is 4.69. The summed E-state index contributed by atoms with van der Waals surface area (Å²) in [7, 11) is -3.85. The van der Waals surface area contributed by atoms with Crippen LogP contribution in [-0.4, -0.2) is 19.9 Å². The third kappa shape index (κ3) is 2.55. The predicted molar refractivity (Wildman–Crippen MR) is 74.8 cm³/mol.